The number of nitrogens with one attached hydrogen (secondary N) is 2. The van der Waals surface area contributed by atoms with Crippen LogP contribution in [0.3, 0.4) is 0 Å². The fraction of sp³-hybridized carbons (Fsp3) is 0.278. The van der Waals surface area contributed by atoms with Crippen LogP contribution in [0.25, 0.3) is 0 Å². The van der Waals surface area contributed by atoms with Crippen molar-refractivity contribution in [2.24, 2.45) is 0 Å². The summed E-state index contributed by atoms with van der Waals surface area (Å²) in [5.41, 5.74) is 2.12. The van der Waals surface area contributed by atoms with Crippen LogP contribution < -0.4 is 10.6 Å². The second-order valence-corrected chi connectivity index (χ2v) is 5.36. The first-order valence-corrected chi connectivity index (χ1v) is 7.65. The van der Waals surface area contributed by atoms with Crippen molar-refractivity contribution in [2.75, 3.05) is 19.5 Å². The lowest BCUT2D eigenvalue weighted by molar-refractivity contribution is -0.140. The van der Waals surface area contributed by atoms with Crippen molar-refractivity contribution in [3.63, 3.8) is 0 Å². The number of methoxy groups -OCH3 is 2. The van der Waals surface area contributed by atoms with E-state index in [-0.39, 0.29) is 0 Å². The molecule has 0 aliphatic rings. The van der Waals surface area contributed by atoms with Crippen LogP contribution >= 0.6 is 0 Å². The minimum absolute atomic E-state index is 0.364. The van der Waals surface area contributed by atoms with Gasteiger partial charge in [-0.2, -0.15) is 0 Å². The molecule has 0 aromatic heterocycles. The molecule has 1 aromatic carbocycles. The standard InChI is InChI=1S/C18H22N2O6/c1-11(9-15(21)25-3)19-14-7-5-13(6-8-14)17(18(23)24)20-12(2)10-16(22)26-4/h5-10,17,19-20H,1-4H3,(H,23,24). The van der Waals surface area contributed by atoms with Gasteiger partial charge in [0, 0.05) is 29.2 Å². The molecule has 0 bridgehead atoms. The number of benzene rings is 1. The van der Waals surface area contributed by atoms with E-state index in [2.05, 4.69) is 20.1 Å². The molecule has 0 amide bonds. The fourth-order valence-electron chi connectivity index (χ4n) is 2.05. The summed E-state index contributed by atoms with van der Waals surface area (Å²) in [5, 5.41) is 15.2. The van der Waals surface area contributed by atoms with E-state index in [1.165, 1.54) is 26.4 Å². The first-order chi connectivity index (χ1) is 12.3. The molecule has 3 N–H and O–H groups in total. The number of carboxylic acids is 1. The highest BCUT2D eigenvalue weighted by Gasteiger charge is 2.19. The van der Waals surface area contributed by atoms with Crippen LogP contribution in [0.1, 0.15) is 25.5 Å². The molecule has 1 unspecified atom stereocenters. The summed E-state index contributed by atoms with van der Waals surface area (Å²) in [5.74, 6) is -2.15. The van der Waals surface area contributed by atoms with Gasteiger partial charge in [0.1, 0.15) is 6.04 Å². The second-order valence-electron chi connectivity index (χ2n) is 5.36. The number of aliphatic carboxylic acids is 1. The van der Waals surface area contributed by atoms with Gasteiger partial charge < -0.3 is 25.2 Å². The van der Waals surface area contributed by atoms with Crippen LogP contribution in [0.4, 0.5) is 5.69 Å². The molecule has 1 aromatic rings. The van der Waals surface area contributed by atoms with Crippen molar-refractivity contribution in [1.82, 2.24) is 5.32 Å². The van der Waals surface area contributed by atoms with Crippen molar-refractivity contribution >= 4 is 23.6 Å². The third-order valence-corrected chi connectivity index (χ3v) is 3.28. The highest BCUT2D eigenvalue weighted by atomic mass is 16.5. The Morgan fingerprint density at radius 2 is 1.46 bits per heavy atom. The number of carbonyl (C=O) groups excluding carboxylic acids is 2. The molecule has 1 rings (SSSR count). The van der Waals surface area contributed by atoms with Crippen LogP contribution in [0.2, 0.25) is 0 Å². The second kappa shape index (κ2) is 9.87. The van der Waals surface area contributed by atoms with Crippen LogP contribution in [-0.4, -0.2) is 37.2 Å². The molecule has 140 valence electrons. The zero-order valence-corrected chi connectivity index (χ0v) is 15.0. The van der Waals surface area contributed by atoms with Gasteiger partial charge in [0.25, 0.3) is 0 Å². The summed E-state index contributed by atoms with van der Waals surface area (Å²) in [6.07, 6.45) is 2.48. The van der Waals surface area contributed by atoms with Crippen molar-refractivity contribution in [3.05, 3.63) is 53.4 Å². The molecule has 1 atom stereocenters. The number of ether oxygens (including phenoxy) is 2. The van der Waals surface area contributed by atoms with E-state index >= 15 is 0 Å². The normalized spacial score (nSPS) is 12.8. The van der Waals surface area contributed by atoms with E-state index in [0.717, 1.165) is 0 Å². The zero-order chi connectivity index (χ0) is 19.7. The molecule has 0 saturated heterocycles. The summed E-state index contributed by atoms with van der Waals surface area (Å²) in [4.78, 5) is 33.9. The van der Waals surface area contributed by atoms with Crippen LogP contribution in [0, 0.1) is 0 Å². The smallest absolute Gasteiger partial charge is 0.332 e. The molecule has 0 saturated carbocycles. The molecule has 0 heterocycles. The number of hydrogen-bond acceptors (Lipinski definition) is 7. The highest BCUT2D eigenvalue weighted by Crippen LogP contribution is 2.19. The monoisotopic (exact) mass is 362 g/mol. The number of rotatable bonds is 8. The summed E-state index contributed by atoms with van der Waals surface area (Å²) >= 11 is 0. The molecule has 0 fully saturated rings. The minimum Gasteiger partial charge on any atom is -0.479 e. The van der Waals surface area contributed by atoms with E-state index in [4.69, 9.17) is 0 Å². The molecular formula is C18H22N2O6. The Labute approximate surface area is 151 Å². The topological polar surface area (TPSA) is 114 Å². The van der Waals surface area contributed by atoms with Crippen molar-refractivity contribution in [1.29, 1.82) is 0 Å². The van der Waals surface area contributed by atoms with E-state index < -0.39 is 23.9 Å². The maximum Gasteiger partial charge on any atom is 0.332 e. The number of esters is 2. The van der Waals surface area contributed by atoms with Crippen molar-refractivity contribution < 1.29 is 29.0 Å². The average Bonchev–Trinajstić information content (AvgIpc) is 2.59. The molecule has 0 aliphatic carbocycles. The Balaban J connectivity index is 2.90. The van der Waals surface area contributed by atoms with E-state index in [1.54, 1.807) is 38.1 Å². The lowest BCUT2D eigenvalue weighted by atomic mass is 10.1. The number of carboxylic acid groups (broad SMARTS) is 1. The Bertz CT molecular complexity index is 722. The third kappa shape index (κ3) is 6.68. The van der Waals surface area contributed by atoms with E-state index in [9.17, 15) is 19.5 Å². The van der Waals surface area contributed by atoms with Gasteiger partial charge in [0.2, 0.25) is 0 Å². The zero-order valence-electron chi connectivity index (χ0n) is 15.0. The lowest BCUT2D eigenvalue weighted by Crippen LogP contribution is -2.27. The molecule has 0 spiro atoms. The largest absolute Gasteiger partial charge is 0.479 e. The number of allylic oxidation sites excluding steroid dienone is 2. The molecule has 26 heavy (non-hydrogen) atoms. The Kier molecular flexibility index (Phi) is 7.88. The van der Waals surface area contributed by atoms with E-state index in [0.29, 0.717) is 22.6 Å². The predicted octanol–water partition coefficient (Wildman–Crippen LogP) is 1.97. The first kappa shape index (κ1) is 20.8. The summed E-state index contributed by atoms with van der Waals surface area (Å²) in [6.45, 7) is 3.27. The highest BCUT2D eigenvalue weighted by molar-refractivity contribution is 5.83. The Morgan fingerprint density at radius 3 is 1.92 bits per heavy atom. The van der Waals surface area contributed by atoms with E-state index in [1.807, 2.05) is 0 Å². The van der Waals surface area contributed by atoms with Gasteiger partial charge in [-0.25, -0.2) is 14.4 Å². The number of anilines is 1. The molecule has 8 heteroatoms. The van der Waals surface area contributed by atoms with Gasteiger partial charge in [0.05, 0.1) is 14.2 Å². The van der Waals surface area contributed by atoms with Crippen LogP contribution in [0.5, 0.6) is 0 Å². The predicted molar refractivity (Wildman–Crippen MR) is 95.1 cm³/mol. The van der Waals surface area contributed by atoms with Crippen LogP contribution in [0.15, 0.2) is 47.8 Å². The van der Waals surface area contributed by atoms with Gasteiger partial charge in [-0.15, -0.1) is 0 Å². The quantitative estimate of drug-likeness (QED) is 0.475. The van der Waals surface area contributed by atoms with Gasteiger partial charge in [-0.3, -0.25) is 0 Å². The average molecular weight is 362 g/mol. The number of carbonyl (C=O) groups is 3. The molecular weight excluding hydrogens is 340 g/mol. The lowest BCUT2D eigenvalue weighted by Gasteiger charge is -2.17. The Morgan fingerprint density at radius 1 is 0.962 bits per heavy atom. The summed E-state index contributed by atoms with van der Waals surface area (Å²) < 4.78 is 9.05. The number of hydrogen-bond donors (Lipinski definition) is 3. The Hall–Kier alpha value is -3.29. The minimum atomic E-state index is -1.09. The van der Waals surface area contributed by atoms with Crippen molar-refractivity contribution in [2.45, 2.75) is 19.9 Å². The maximum absolute atomic E-state index is 11.5. The summed E-state index contributed by atoms with van der Waals surface area (Å²) in [7, 11) is 2.53. The summed E-state index contributed by atoms with van der Waals surface area (Å²) in [6, 6.07) is 5.59. The third-order valence-electron chi connectivity index (χ3n) is 3.28. The molecule has 0 aliphatic heterocycles. The van der Waals surface area contributed by atoms with Crippen molar-refractivity contribution in [3.8, 4) is 0 Å². The first-order valence-electron chi connectivity index (χ1n) is 7.65. The van der Waals surface area contributed by atoms with Gasteiger partial charge in [-0.1, -0.05) is 12.1 Å². The van der Waals surface area contributed by atoms with Gasteiger partial charge in [0.15, 0.2) is 0 Å². The molecule has 8 nitrogen and oxygen atoms in total. The SMILES string of the molecule is COC(=O)C=C(C)Nc1ccc(C(NC(C)=CC(=O)OC)C(=O)O)cc1. The molecule has 0 radical (unpaired) electrons. The maximum atomic E-state index is 11.5. The van der Waals surface area contributed by atoms with Gasteiger partial charge >= 0.3 is 17.9 Å². The van der Waals surface area contributed by atoms with Gasteiger partial charge in [-0.05, 0) is 31.5 Å². The fourth-order valence-corrected chi connectivity index (χ4v) is 2.05. The van der Waals surface area contributed by atoms with Crippen LogP contribution in [-0.2, 0) is 23.9 Å².